The van der Waals surface area contributed by atoms with Gasteiger partial charge in [0.05, 0.1) is 22.9 Å². The third kappa shape index (κ3) is 2.90. The summed E-state index contributed by atoms with van der Waals surface area (Å²) in [5.74, 6) is 0.577. The highest BCUT2D eigenvalue weighted by atomic mass is 32.2. The first-order chi connectivity index (χ1) is 10.9. The highest BCUT2D eigenvalue weighted by Gasteiger charge is 2.38. The van der Waals surface area contributed by atoms with Gasteiger partial charge in [0.15, 0.2) is 9.84 Å². The molecule has 8 heteroatoms. The second kappa shape index (κ2) is 5.68. The van der Waals surface area contributed by atoms with Crippen molar-refractivity contribution in [1.82, 2.24) is 9.97 Å². The Kier molecular flexibility index (Phi) is 3.91. The minimum Gasteiger partial charge on any atom is -0.391 e. The van der Waals surface area contributed by atoms with Gasteiger partial charge >= 0.3 is 0 Å². The monoisotopic (exact) mass is 370 g/mol. The summed E-state index contributed by atoms with van der Waals surface area (Å²) in [5.41, 5.74) is 1.33. The van der Waals surface area contributed by atoms with Gasteiger partial charge in [-0.05, 0) is 30.7 Å². The summed E-state index contributed by atoms with van der Waals surface area (Å²) in [4.78, 5) is 11.2. The van der Waals surface area contributed by atoms with Crippen molar-refractivity contribution >= 4 is 43.2 Å². The number of aliphatic hydroxyl groups excluding tert-OH is 1. The lowest BCUT2D eigenvalue weighted by molar-refractivity contribution is 0.207. The zero-order chi connectivity index (χ0) is 16.2. The van der Waals surface area contributed by atoms with E-state index < -0.39 is 15.9 Å². The first-order valence-electron chi connectivity index (χ1n) is 7.73. The molecule has 0 bridgehead atoms. The molecule has 3 atom stereocenters. The Bertz CT molecular complexity index is 862. The first-order valence-corrected chi connectivity index (χ1v) is 11.2. The summed E-state index contributed by atoms with van der Waals surface area (Å²) >= 11 is 3.13. The van der Waals surface area contributed by atoms with Crippen LogP contribution in [0.3, 0.4) is 0 Å². The maximum absolute atomic E-state index is 11.7. The number of sulfone groups is 1. The molecule has 0 aromatic carbocycles. The third-order valence-corrected chi connectivity index (χ3v) is 9.00. The molecule has 0 radical (unpaired) electrons. The van der Waals surface area contributed by atoms with Gasteiger partial charge in [0, 0.05) is 10.3 Å². The van der Waals surface area contributed by atoms with E-state index in [0.717, 1.165) is 34.5 Å². The second-order valence-corrected chi connectivity index (χ2v) is 11.0. The number of nitrogens with zero attached hydrogens (tertiary/aromatic N) is 2. The van der Waals surface area contributed by atoms with Gasteiger partial charge in [-0.3, -0.25) is 0 Å². The molecule has 3 heterocycles. The van der Waals surface area contributed by atoms with Gasteiger partial charge in [-0.15, -0.1) is 11.3 Å². The van der Waals surface area contributed by atoms with Gasteiger partial charge in [0.1, 0.15) is 16.2 Å². The molecule has 1 saturated heterocycles. The van der Waals surface area contributed by atoms with Crippen LogP contribution in [-0.4, -0.2) is 46.4 Å². The van der Waals surface area contributed by atoms with Crippen molar-refractivity contribution in [1.29, 1.82) is 0 Å². The summed E-state index contributed by atoms with van der Waals surface area (Å²) in [7, 11) is -3.14. The van der Waals surface area contributed by atoms with Gasteiger partial charge in [0.25, 0.3) is 0 Å². The van der Waals surface area contributed by atoms with Crippen LogP contribution in [0.4, 0.5) is 0 Å². The average Bonchev–Trinajstić information content (AvgIpc) is 2.95. The Morgan fingerprint density at radius 1 is 1.35 bits per heavy atom. The smallest absolute Gasteiger partial charge is 0.154 e. The van der Waals surface area contributed by atoms with Crippen LogP contribution in [0.2, 0.25) is 0 Å². The minimum absolute atomic E-state index is 0.0215. The fourth-order valence-corrected chi connectivity index (χ4v) is 8.42. The van der Waals surface area contributed by atoms with Gasteiger partial charge in [-0.2, -0.15) is 0 Å². The normalized spacial score (nSPS) is 29.7. The van der Waals surface area contributed by atoms with E-state index in [9.17, 15) is 13.5 Å². The standard InChI is InChI=1S/C15H18N2O3S3/c1-8-2-3-9-11(4-8)21-14-13(9)15(17-7-16-14)22-12-6-23(19,20)5-10(12)18/h7-8,10,12,18H,2-6H2,1H3/t8-,10+,12-/m1/s1. The summed E-state index contributed by atoms with van der Waals surface area (Å²) in [6.07, 6.45) is 4.01. The molecule has 124 valence electrons. The molecule has 2 aromatic heterocycles. The van der Waals surface area contributed by atoms with E-state index in [0.29, 0.717) is 5.92 Å². The zero-order valence-electron chi connectivity index (χ0n) is 12.7. The van der Waals surface area contributed by atoms with E-state index in [-0.39, 0.29) is 16.8 Å². The maximum atomic E-state index is 11.7. The van der Waals surface area contributed by atoms with Crippen LogP contribution in [0.25, 0.3) is 10.2 Å². The van der Waals surface area contributed by atoms with Crippen LogP contribution >= 0.6 is 23.1 Å². The minimum atomic E-state index is -3.14. The summed E-state index contributed by atoms with van der Waals surface area (Å²) in [6, 6.07) is 0. The molecule has 23 heavy (non-hydrogen) atoms. The van der Waals surface area contributed by atoms with Crippen LogP contribution in [0.1, 0.15) is 23.8 Å². The molecule has 1 fully saturated rings. The lowest BCUT2D eigenvalue weighted by Crippen LogP contribution is -2.20. The molecule has 0 saturated carbocycles. The summed E-state index contributed by atoms with van der Waals surface area (Å²) in [6.45, 7) is 2.27. The van der Waals surface area contributed by atoms with E-state index in [1.807, 2.05) is 0 Å². The van der Waals surface area contributed by atoms with E-state index in [1.54, 1.807) is 17.7 Å². The molecular formula is C15H18N2O3S3. The lowest BCUT2D eigenvalue weighted by atomic mass is 9.89. The average molecular weight is 371 g/mol. The summed E-state index contributed by atoms with van der Waals surface area (Å²) < 4.78 is 23.4. The van der Waals surface area contributed by atoms with Gasteiger partial charge in [0.2, 0.25) is 0 Å². The fraction of sp³-hybridized carbons (Fsp3) is 0.600. The molecule has 0 unspecified atom stereocenters. The van der Waals surface area contributed by atoms with Crippen molar-refractivity contribution in [2.24, 2.45) is 5.92 Å². The fourth-order valence-electron chi connectivity index (χ4n) is 3.39. The van der Waals surface area contributed by atoms with Crippen LogP contribution < -0.4 is 0 Å². The first kappa shape index (κ1) is 15.8. The molecule has 2 aromatic rings. The Morgan fingerprint density at radius 2 is 2.17 bits per heavy atom. The predicted molar refractivity (Wildman–Crippen MR) is 92.9 cm³/mol. The maximum Gasteiger partial charge on any atom is 0.154 e. The largest absolute Gasteiger partial charge is 0.391 e. The van der Waals surface area contributed by atoms with Crippen LogP contribution in [0.5, 0.6) is 0 Å². The van der Waals surface area contributed by atoms with E-state index in [1.165, 1.54) is 22.2 Å². The molecular weight excluding hydrogens is 352 g/mol. The van der Waals surface area contributed by atoms with Crippen molar-refractivity contribution < 1.29 is 13.5 Å². The molecule has 0 spiro atoms. The topological polar surface area (TPSA) is 80.2 Å². The molecule has 1 N–H and O–H groups in total. The highest BCUT2D eigenvalue weighted by molar-refractivity contribution is 8.02. The van der Waals surface area contributed by atoms with Crippen molar-refractivity contribution in [3.8, 4) is 0 Å². The number of aryl methyl sites for hydroxylation is 1. The molecule has 1 aliphatic heterocycles. The number of hydrogen-bond donors (Lipinski definition) is 1. The highest BCUT2D eigenvalue weighted by Crippen LogP contribution is 2.42. The van der Waals surface area contributed by atoms with Gasteiger partial charge in [-0.25, -0.2) is 18.4 Å². The Labute approximate surface area is 143 Å². The van der Waals surface area contributed by atoms with Crippen LogP contribution in [-0.2, 0) is 22.7 Å². The Morgan fingerprint density at radius 3 is 2.91 bits per heavy atom. The summed E-state index contributed by atoms with van der Waals surface area (Å²) in [5, 5.41) is 11.6. The van der Waals surface area contributed by atoms with Crippen molar-refractivity contribution in [3.05, 3.63) is 16.8 Å². The Hall–Kier alpha value is -0.700. The molecule has 0 amide bonds. The van der Waals surface area contributed by atoms with Gasteiger partial charge in [-0.1, -0.05) is 18.7 Å². The van der Waals surface area contributed by atoms with Crippen molar-refractivity contribution in [2.75, 3.05) is 11.5 Å². The number of hydrogen-bond acceptors (Lipinski definition) is 7. The van der Waals surface area contributed by atoms with E-state index in [4.69, 9.17) is 0 Å². The van der Waals surface area contributed by atoms with Gasteiger partial charge < -0.3 is 5.11 Å². The van der Waals surface area contributed by atoms with Crippen molar-refractivity contribution in [2.45, 2.75) is 42.6 Å². The number of aromatic nitrogens is 2. The van der Waals surface area contributed by atoms with Crippen LogP contribution in [0, 0.1) is 5.92 Å². The molecule has 4 rings (SSSR count). The molecule has 2 aliphatic rings. The number of thiophene rings is 1. The lowest BCUT2D eigenvalue weighted by Gasteiger charge is -2.18. The number of aliphatic hydroxyl groups is 1. The zero-order valence-corrected chi connectivity index (χ0v) is 15.2. The SMILES string of the molecule is C[C@@H]1CCc2c(sc3ncnc(S[C@@H]4CS(=O)(=O)C[C@@H]4O)c23)C1. The van der Waals surface area contributed by atoms with E-state index in [2.05, 4.69) is 16.9 Å². The quantitative estimate of drug-likeness (QED) is 0.815. The van der Waals surface area contributed by atoms with Crippen LogP contribution in [0.15, 0.2) is 11.4 Å². The van der Waals surface area contributed by atoms with Crippen molar-refractivity contribution in [3.63, 3.8) is 0 Å². The molecule has 1 aliphatic carbocycles. The Balaban J connectivity index is 1.73. The number of thioether (sulfide) groups is 1. The number of rotatable bonds is 2. The predicted octanol–water partition coefficient (Wildman–Crippen LogP) is 2.07. The van der Waals surface area contributed by atoms with E-state index >= 15 is 0 Å². The molecule has 5 nitrogen and oxygen atoms in total. The second-order valence-electron chi connectivity index (χ2n) is 6.51. The number of fused-ring (bicyclic) bond motifs is 3. The third-order valence-electron chi connectivity index (χ3n) is 4.59.